The van der Waals surface area contributed by atoms with Crippen molar-refractivity contribution in [1.82, 2.24) is 5.32 Å². The molecule has 0 unspecified atom stereocenters. The Morgan fingerprint density at radius 2 is 2.00 bits per heavy atom. The number of hydrogen-bond donors (Lipinski definition) is 1. The van der Waals surface area contributed by atoms with E-state index >= 15 is 0 Å². The Balaban J connectivity index is 0.000000239. The molecular formula is C16H25N. The van der Waals surface area contributed by atoms with Gasteiger partial charge in [-0.05, 0) is 49.4 Å². The molecule has 0 spiro atoms. The van der Waals surface area contributed by atoms with E-state index < -0.39 is 0 Å². The monoisotopic (exact) mass is 231 g/mol. The quantitative estimate of drug-likeness (QED) is 0.832. The molecular weight excluding hydrogens is 206 g/mol. The summed E-state index contributed by atoms with van der Waals surface area (Å²) in [6.45, 7) is 10.7. The molecule has 0 radical (unpaired) electrons. The maximum atomic E-state index is 3.75. The standard InChI is InChI=1S/C12H16.C4H9N/c1-4-11-6-5-7-12(9-11)8-10(2)3;1-2-4-5-3-1/h4-7,9-10H,1,8H2,2-3H3;5H,1-4H2. The number of rotatable bonds is 3. The molecule has 0 amide bonds. The van der Waals surface area contributed by atoms with Crippen LogP contribution in [0.4, 0.5) is 0 Å². The second-order valence-electron chi connectivity index (χ2n) is 5.00. The van der Waals surface area contributed by atoms with Crippen LogP contribution in [0.25, 0.3) is 6.08 Å². The van der Waals surface area contributed by atoms with E-state index in [1.54, 1.807) is 0 Å². The number of benzene rings is 1. The Kier molecular flexibility index (Phi) is 6.64. The Morgan fingerprint density at radius 3 is 2.47 bits per heavy atom. The second-order valence-corrected chi connectivity index (χ2v) is 5.00. The normalized spacial score (nSPS) is 14.3. The van der Waals surface area contributed by atoms with Crippen LogP contribution in [0.1, 0.15) is 37.8 Å². The first-order valence-electron chi connectivity index (χ1n) is 6.64. The molecule has 1 nitrogen and oxygen atoms in total. The third kappa shape index (κ3) is 6.28. The molecule has 0 atom stereocenters. The fourth-order valence-corrected chi connectivity index (χ4v) is 1.94. The SMILES string of the molecule is C1CCNC1.C=Cc1cccc(CC(C)C)c1. The van der Waals surface area contributed by atoms with Crippen LogP contribution in [0.2, 0.25) is 0 Å². The molecule has 1 saturated heterocycles. The third-order valence-electron chi connectivity index (χ3n) is 2.79. The summed E-state index contributed by atoms with van der Waals surface area (Å²) in [5.74, 6) is 0.727. The molecule has 0 aliphatic carbocycles. The van der Waals surface area contributed by atoms with Gasteiger partial charge in [-0.15, -0.1) is 0 Å². The van der Waals surface area contributed by atoms with Crippen LogP contribution in [-0.4, -0.2) is 13.1 Å². The van der Waals surface area contributed by atoms with Crippen LogP contribution in [0, 0.1) is 5.92 Å². The van der Waals surface area contributed by atoms with Crippen molar-refractivity contribution in [2.24, 2.45) is 5.92 Å². The lowest BCUT2D eigenvalue weighted by Gasteiger charge is -2.04. The first-order chi connectivity index (χ1) is 8.22. The summed E-state index contributed by atoms with van der Waals surface area (Å²) < 4.78 is 0. The zero-order valence-corrected chi connectivity index (χ0v) is 11.2. The lowest BCUT2D eigenvalue weighted by Crippen LogP contribution is -2.03. The Labute approximate surface area is 106 Å². The van der Waals surface area contributed by atoms with Crippen molar-refractivity contribution in [3.8, 4) is 0 Å². The molecule has 1 aliphatic rings. The molecule has 1 fully saturated rings. The molecule has 1 heterocycles. The molecule has 0 aromatic heterocycles. The zero-order chi connectivity index (χ0) is 12.5. The summed E-state index contributed by atoms with van der Waals surface area (Å²) in [6, 6.07) is 8.55. The van der Waals surface area contributed by atoms with Crippen LogP contribution < -0.4 is 5.32 Å². The molecule has 17 heavy (non-hydrogen) atoms. The van der Waals surface area contributed by atoms with E-state index in [0.717, 1.165) is 12.3 Å². The third-order valence-corrected chi connectivity index (χ3v) is 2.79. The minimum atomic E-state index is 0.727. The van der Waals surface area contributed by atoms with Gasteiger partial charge in [-0.3, -0.25) is 0 Å². The summed E-state index contributed by atoms with van der Waals surface area (Å²) >= 11 is 0. The molecule has 1 heteroatoms. The summed E-state index contributed by atoms with van der Waals surface area (Å²) in [4.78, 5) is 0. The first kappa shape index (κ1) is 14.0. The van der Waals surface area contributed by atoms with Gasteiger partial charge in [0, 0.05) is 0 Å². The smallest absolute Gasteiger partial charge is 0.00484 e. The lowest BCUT2D eigenvalue weighted by molar-refractivity contribution is 0.647. The molecule has 0 bridgehead atoms. The van der Waals surface area contributed by atoms with E-state index in [9.17, 15) is 0 Å². The van der Waals surface area contributed by atoms with E-state index in [1.807, 2.05) is 6.08 Å². The lowest BCUT2D eigenvalue weighted by atomic mass is 10.0. The van der Waals surface area contributed by atoms with Gasteiger partial charge < -0.3 is 5.32 Å². The first-order valence-corrected chi connectivity index (χ1v) is 6.64. The molecule has 94 valence electrons. The highest BCUT2D eigenvalue weighted by molar-refractivity contribution is 5.47. The van der Waals surface area contributed by atoms with Crippen molar-refractivity contribution in [2.45, 2.75) is 33.1 Å². The van der Waals surface area contributed by atoms with Crippen LogP contribution in [0.15, 0.2) is 30.8 Å². The molecule has 0 saturated carbocycles. The van der Waals surface area contributed by atoms with Gasteiger partial charge in [-0.2, -0.15) is 0 Å². The highest BCUT2D eigenvalue weighted by atomic mass is 14.9. The predicted octanol–water partition coefficient (Wildman–Crippen LogP) is 3.90. The molecule has 1 aromatic rings. The number of nitrogens with one attached hydrogen (secondary N) is 1. The van der Waals surface area contributed by atoms with E-state index in [4.69, 9.17) is 0 Å². The van der Waals surface area contributed by atoms with Gasteiger partial charge in [0.2, 0.25) is 0 Å². The van der Waals surface area contributed by atoms with E-state index in [1.165, 1.54) is 37.1 Å². The maximum Gasteiger partial charge on any atom is -0.00484 e. The summed E-state index contributed by atoms with van der Waals surface area (Å²) in [5, 5.41) is 3.22. The summed E-state index contributed by atoms with van der Waals surface area (Å²) in [6.07, 6.45) is 5.82. The van der Waals surface area contributed by atoms with E-state index in [2.05, 4.69) is 50.0 Å². The van der Waals surface area contributed by atoms with Crippen molar-refractivity contribution in [3.05, 3.63) is 42.0 Å². The predicted molar refractivity (Wildman–Crippen MR) is 77.2 cm³/mol. The molecule has 1 aliphatic heterocycles. The molecule has 2 rings (SSSR count). The van der Waals surface area contributed by atoms with Crippen LogP contribution in [0.5, 0.6) is 0 Å². The fourth-order valence-electron chi connectivity index (χ4n) is 1.94. The minimum Gasteiger partial charge on any atom is -0.317 e. The van der Waals surface area contributed by atoms with Gasteiger partial charge in [0.25, 0.3) is 0 Å². The molecule has 1 N–H and O–H groups in total. The van der Waals surface area contributed by atoms with Crippen molar-refractivity contribution in [2.75, 3.05) is 13.1 Å². The fraction of sp³-hybridized carbons (Fsp3) is 0.500. The Bertz CT molecular complexity index is 316. The van der Waals surface area contributed by atoms with Gasteiger partial charge in [0.05, 0.1) is 0 Å². The maximum absolute atomic E-state index is 3.75. The van der Waals surface area contributed by atoms with Crippen molar-refractivity contribution < 1.29 is 0 Å². The van der Waals surface area contributed by atoms with Crippen molar-refractivity contribution >= 4 is 6.08 Å². The van der Waals surface area contributed by atoms with Gasteiger partial charge in [-0.25, -0.2) is 0 Å². The Morgan fingerprint density at radius 1 is 1.29 bits per heavy atom. The topological polar surface area (TPSA) is 12.0 Å². The number of hydrogen-bond acceptors (Lipinski definition) is 1. The van der Waals surface area contributed by atoms with Gasteiger partial charge in [0.15, 0.2) is 0 Å². The van der Waals surface area contributed by atoms with E-state index in [0.29, 0.717) is 0 Å². The highest BCUT2D eigenvalue weighted by Crippen LogP contribution is 2.10. The van der Waals surface area contributed by atoms with E-state index in [-0.39, 0.29) is 0 Å². The largest absolute Gasteiger partial charge is 0.317 e. The zero-order valence-electron chi connectivity index (χ0n) is 11.2. The average molecular weight is 231 g/mol. The van der Waals surface area contributed by atoms with Gasteiger partial charge >= 0.3 is 0 Å². The van der Waals surface area contributed by atoms with Crippen LogP contribution >= 0.6 is 0 Å². The van der Waals surface area contributed by atoms with Crippen LogP contribution in [0.3, 0.4) is 0 Å². The van der Waals surface area contributed by atoms with Gasteiger partial charge in [0.1, 0.15) is 0 Å². The average Bonchev–Trinajstić information content (AvgIpc) is 2.87. The summed E-state index contributed by atoms with van der Waals surface area (Å²) in [7, 11) is 0. The van der Waals surface area contributed by atoms with Crippen LogP contribution in [-0.2, 0) is 6.42 Å². The summed E-state index contributed by atoms with van der Waals surface area (Å²) in [5.41, 5.74) is 2.62. The second kappa shape index (κ2) is 8.08. The van der Waals surface area contributed by atoms with Gasteiger partial charge in [-0.1, -0.05) is 50.8 Å². The minimum absolute atomic E-state index is 0.727. The van der Waals surface area contributed by atoms with Crippen molar-refractivity contribution in [3.63, 3.8) is 0 Å². The Hall–Kier alpha value is -1.08. The molecule has 1 aromatic carbocycles. The van der Waals surface area contributed by atoms with Crippen molar-refractivity contribution in [1.29, 1.82) is 0 Å². The highest BCUT2D eigenvalue weighted by Gasteiger charge is 1.96.